The van der Waals surface area contributed by atoms with Crippen molar-refractivity contribution in [1.82, 2.24) is 5.32 Å². The summed E-state index contributed by atoms with van der Waals surface area (Å²) >= 11 is 3.17. The molecule has 1 unspecified atom stereocenters. The predicted octanol–water partition coefficient (Wildman–Crippen LogP) is 1.32. The Morgan fingerprint density at radius 3 is 3.06 bits per heavy atom. The number of rotatable bonds is 4. The Morgan fingerprint density at radius 2 is 2.44 bits per heavy atom. The lowest BCUT2D eigenvalue weighted by Gasteiger charge is -2.19. The molecule has 1 atom stereocenters. The summed E-state index contributed by atoms with van der Waals surface area (Å²) in [7, 11) is 0. The van der Waals surface area contributed by atoms with Crippen molar-refractivity contribution in [3.63, 3.8) is 0 Å². The largest absolute Gasteiger partial charge is 0.450 e. The second kappa shape index (κ2) is 5.69. The molecule has 1 saturated heterocycles. The van der Waals surface area contributed by atoms with Crippen molar-refractivity contribution in [1.29, 1.82) is 0 Å². The van der Waals surface area contributed by atoms with Crippen molar-refractivity contribution in [3.05, 3.63) is 28.6 Å². The first-order chi connectivity index (χ1) is 8.57. The van der Waals surface area contributed by atoms with E-state index < -0.39 is 5.60 Å². The molecule has 1 amide bonds. The second-order valence-electron chi connectivity index (χ2n) is 4.22. The van der Waals surface area contributed by atoms with E-state index in [2.05, 4.69) is 21.2 Å². The summed E-state index contributed by atoms with van der Waals surface area (Å²) in [6.45, 7) is 0.989. The van der Waals surface area contributed by atoms with Gasteiger partial charge in [-0.2, -0.15) is 0 Å². The van der Waals surface area contributed by atoms with Crippen molar-refractivity contribution in [2.45, 2.75) is 12.0 Å². The number of hydrogen-bond acceptors (Lipinski definition) is 4. The number of hydrogen-bond donors (Lipinski definition) is 2. The van der Waals surface area contributed by atoms with Crippen molar-refractivity contribution in [2.75, 3.05) is 19.8 Å². The van der Waals surface area contributed by atoms with Gasteiger partial charge in [-0.05, 0) is 34.1 Å². The van der Waals surface area contributed by atoms with Gasteiger partial charge in [0, 0.05) is 25.6 Å². The van der Waals surface area contributed by atoms with E-state index in [0.29, 0.717) is 23.5 Å². The van der Waals surface area contributed by atoms with Gasteiger partial charge in [-0.25, -0.2) is 0 Å². The molecule has 1 aromatic rings. The Balaban J connectivity index is 1.80. The van der Waals surface area contributed by atoms with E-state index in [0.717, 1.165) is 0 Å². The maximum Gasteiger partial charge on any atom is 0.244 e. The van der Waals surface area contributed by atoms with Crippen LogP contribution in [0.25, 0.3) is 6.08 Å². The van der Waals surface area contributed by atoms with Crippen LogP contribution in [0.5, 0.6) is 0 Å². The molecule has 6 heteroatoms. The molecular weight excluding hydrogens is 302 g/mol. The second-order valence-corrected chi connectivity index (χ2v) is 5.00. The van der Waals surface area contributed by atoms with Crippen LogP contribution >= 0.6 is 15.9 Å². The zero-order valence-corrected chi connectivity index (χ0v) is 11.3. The van der Waals surface area contributed by atoms with Gasteiger partial charge in [0.05, 0.1) is 6.61 Å². The maximum atomic E-state index is 11.5. The van der Waals surface area contributed by atoms with Crippen molar-refractivity contribution in [3.8, 4) is 0 Å². The van der Waals surface area contributed by atoms with E-state index in [1.54, 1.807) is 18.2 Å². The van der Waals surface area contributed by atoms with Gasteiger partial charge in [-0.1, -0.05) is 0 Å². The first kappa shape index (κ1) is 13.3. The zero-order chi connectivity index (χ0) is 13.0. The van der Waals surface area contributed by atoms with E-state index >= 15 is 0 Å². The molecule has 2 N–H and O–H groups in total. The lowest BCUT2D eigenvalue weighted by atomic mass is 10.0. The topological polar surface area (TPSA) is 71.7 Å². The third kappa shape index (κ3) is 3.69. The van der Waals surface area contributed by atoms with Crippen LogP contribution < -0.4 is 5.32 Å². The monoisotopic (exact) mass is 315 g/mol. The van der Waals surface area contributed by atoms with Crippen LogP contribution in [-0.4, -0.2) is 36.4 Å². The summed E-state index contributed by atoms with van der Waals surface area (Å²) in [4.78, 5) is 11.5. The van der Waals surface area contributed by atoms with E-state index in [1.165, 1.54) is 6.08 Å². The highest BCUT2D eigenvalue weighted by Crippen LogP contribution is 2.17. The van der Waals surface area contributed by atoms with Crippen LogP contribution in [0, 0.1) is 0 Å². The van der Waals surface area contributed by atoms with Gasteiger partial charge in [0.2, 0.25) is 5.91 Å². The molecule has 0 aliphatic carbocycles. The molecule has 2 rings (SSSR count). The zero-order valence-electron chi connectivity index (χ0n) is 9.69. The fourth-order valence-corrected chi connectivity index (χ4v) is 1.94. The molecule has 18 heavy (non-hydrogen) atoms. The van der Waals surface area contributed by atoms with Gasteiger partial charge in [0.15, 0.2) is 4.67 Å². The molecule has 2 heterocycles. The Morgan fingerprint density at radius 1 is 1.61 bits per heavy atom. The first-order valence-corrected chi connectivity index (χ1v) is 6.38. The fourth-order valence-electron chi connectivity index (χ4n) is 1.62. The average molecular weight is 316 g/mol. The SMILES string of the molecule is O=C(/C=C/c1ccc(Br)o1)NCC1(O)CCOC1. The number of carbonyl (C=O) groups is 1. The van der Waals surface area contributed by atoms with E-state index in [9.17, 15) is 9.90 Å². The molecule has 1 aliphatic rings. The predicted molar refractivity (Wildman–Crippen MR) is 68.8 cm³/mol. The highest BCUT2D eigenvalue weighted by Gasteiger charge is 2.32. The first-order valence-electron chi connectivity index (χ1n) is 5.59. The molecular formula is C12H14BrNO4. The maximum absolute atomic E-state index is 11.5. The Bertz CT molecular complexity index is 449. The smallest absolute Gasteiger partial charge is 0.244 e. The molecule has 0 saturated carbocycles. The summed E-state index contributed by atoms with van der Waals surface area (Å²) in [5.74, 6) is 0.308. The highest BCUT2D eigenvalue weighted by atomic mass is 79.9. The minimum Gasteiger partial charge on any atom is -0.450 e. The lowest BCUT2D eigenvalue weighted by molar-refractivity contribution is -0.117. The highest BCUT2D eigenvalue weighted by molar-refractivity contribution is 9.10. The van der Waals surface area contributed by atoms with E-state index in [1.807, 2.05) is 0 Å². The van der Waals surface area contributed by atoms with Crippen LogP contribution in [0.4, 0.5) is 0 Å². The molecule has 1 aromatic heterocycles. The number of nitrogens with one attached hydrogen (secondary N) is 1. The van der Waals surface area contributed by atoms with Gasteiger partial charge in [-0.3, -0.25) is 4.79 Å². The number of ether oxygens (including phenoxy) is 1. The van der Waals surface area contributed by atoms with Crippen molar-refractivity contribution < 1.29 is 19.1 Å². The van der Waals surface area contributed by atoms with Crippen LogP contribution in [0.15, 0.2) is 27.3 Å². The summed E-state index contributed by atoms with van der Waals surface area (Å²) < 4.78 is 10.9. The molecule has 1 aliphatic heterocycles. The summed E-state index contributed by atoms with van der Waals surface area (Å²) in [5, 5.41) is 12.6. The number of halogens is 1. The van der Waals surface area contributed by atoms with Crippen LogP contribution in [0.2, 0.25) is 0 Å². The standard InChI is InChI=1S/C12H14BrNO4/c13-10-3-1-9(18-10)2-4-11(15)14-7-12(16)5-6-17-8-12/h1-4,16H,5-8H2,(H,14,15)/b4-2+. The third-order valence-corrected chi connectivity index (χ3v) is 3.09. The number of furan rings is 1. The normalized spacial score (nSPS) is 23.7. The quantitative estimate of drug-likeness (QED) is 0.822. The van der Waals surface area contributed by atoms with Crippen LogP contribution in [0.1, 0.15) is 12.2 Å². The molecule has 0 bridgehead atoms. The summed E-state index contributed by atoms with van der Waals surface area (Å²) in [5.41, 5.74) is -0.933. The Hall–Kier alpha value is -1.11. The summed E-state index contributed by atoms with van der Waals surface area (Å²) in [6, 6.07) is 3.49. The van der Waals surface area contributed by atoms with Gasteiger partial charge >= 0.3 is 0 Å². The summed E-state index contributed by atoms with van der Waals surface area (Å²) in [6.07, 6.45) is 3.47. The van der Waals surface area contributed by atoms with Crippen LogP contribution in [0.3, 0.4) is 0 Å². The number of carbonyl (C=O) groups excluding carboxylic acids is 1. The van der Waals surface area contributed by atoms with Crippen molar-refractivity contribution >= 4 is 27.9 Å². The van der Waals surface area contributed by atoms with Gasteiger partial charge in [0.1, 0.15) is 11.4 Å². The molecule has 0 radical (unpaired) electrons. The number of amides is 1. The minimum atomic E-state index is -0.933. The van der Waals surface area contributed by atoms with Crippen molar-refractivity contribution in [2.24, 2.45) is 0 Å². The Kier molecular flexibility index (Phi) is 4.21. The van der Waals surface area contributed by atoms with Gasteiger partial charge in [-0.15, -0.1) is 0 Å². The average Bonchev–Trinajstić information content (AvgIpc) is 2.94. The number of aliphatic hydroxyl groups is 1. The van der Waals surface area contributed by atoms with Gasteiger partial charge in [0.25, 0.3) is 0 Å². The molecule has 98 valence electrons. The Labute approximate surface area is 113 Å². The van der Waals surface area contributed by atoms with E-state index in [4.69, 9.17) is 9.15 Å². The third-order valence-electron chi connectivity index (χ3n) is 2.67. The van der Waals surface area contributed by atoms with E-state index in [-0.39, 0.29) is 19.1 Å². The molecule has 5 nitrogen and oxygen atoms in total. The molecule has 0 aromatic carbocycles. The molecule has 1 fully saturated rings. The van der Waals surface area contributed by atoms with Crippen LogP contribution in [-0.2, 0) is 9.53 Å². The van der Waals surface area contributed by atoms with Gasteiger partial charge < -0.3 is 19.6 Å². The fraction of sp³-hybridized carbons (Fsp3) is 0.417. The molecule has 0 spiro atoms. The minimum absolute atomic E-state index is 0.192. The lowest BCUT2D eigenvalue weighted by Crippen LogP contribution is -2.42.